The summed E-state index contributed by atoms with van der Waals surface area (Å²) < 4.78 is 11.5. The van der Waals surface area contributed by atoms with Crippen LogP contribution < -0.4 is 14.8 Å². The highest BCUT2D eigenvalue weighted by molar-refractivity contribution is 8.18. The molecular weight excluding hydrogens is 488 g/mol. The van der Waals surface area contributed by atoms with Gasteiger partial charge in [-0.25, -0.2) is 0 Å². The second-order valence-corrected chi connectivity index (χ2v) is 9.63. The van der Waals surface area contributed by atoms with Crippen LogP contribution in [-0.2, 0) is 9.59 Å². The standard InChI is InChI=1S/C29H28N2O5S/c1-19-15-20(2)27(21(3)16-19)30-26(32)18-31-28(33)25(37-29(31)34)17-22-9-7-8-12-24(22)36-14-13-35-23-10-5-4-6-11-23/h4-12,15-17H,13-14,18H2,1-3H3,(H,30,32)/b25-17+. The Labute approximate surface area is 220 Å². The van der Waals surface area contributed by atoms with E-state index < -0.39 is 17.1 Å². The van der Waals surface area contributed by atoms with Crippen LogP contribution in [0.5, 0.6) is 11.5 Å². The maximum Gasteiger partial charge on any atom is 0.294 e. The van der Waals surface area contributed by atoms with Crippen LogP contribution in [0.1, 0.15) is 22.3 Å². The molecular formula is C29H28N2O5S. The molecule has 1 N–H and O–H groups in total. The van der Waals surface area contributed by atoms with Gasteiger partial charge in [-0.1, -0.05) is 54.1 Å². The molecule has 0 radical (unpaired) electrons. The highest BCUT2D eigenvalue weighted by Crippen LogP contribution is 2.34. The Morgan fingerprint density at radius 3 is 2.30 bits per heavy atom. The highest BCUT2D eigenvalue weighted by Gasteiger charge is 2.36. The third kappa shape index (κ3) is 6.59. The summed E-state index contributed by atoms with van der Waals surface area (Å²) in [6.45, 7) is 6.10. The first-order valence-electron chi connectivity index (χ1n) is 11.8. The van der Waals surface area contributed by atoms with Crippen LogP contribution in [0.2, 0.25) is 0 Å². The molecule has 1 heterocycles. The lowest BCUT2D eigenvalue weighted by Crippen LogP contribution is -2.36. The first-order valence-corrected chi connectivity index (χ1v) is 12.7. The lowest BCUT2D eigenvalue weighted by atomic mass is 10.1. The molecule has 1 aliphatic rings. The third-order valence-corrected chi connectivity index (χ3v) is 6.58. The molecule has 0 spiro atoms. The van der Waals surface area contributed by atoms with Crippen LogP contribution >= 0.6 is 11.8 Å². The van der Waals surface area contributed by atoms with E-state index in [0.29, 0.717) is 30.2 Å². The van der Waals surface area contributed by atoms with Gasteiger partial charge in [0.2, 0.25) is 5.91 Å². The van der Waals surface area contributed by atoms with Crippen molar-refractivity contribution in [2.24, 2.45) is 0 Å². The van der Waals surface area contributed by atoms with Crippen LogP contribution in [-0.4, -0.2) is 41.7 Å². The summed E-state index contributed by atoms with van der Waals surface area (Å²) in [7, 11) is 0. The summed E-state index contributed by atoms with van der Waals surface area (Å²) in [4.78, 5) is 39.5. The molecule has 0 unspecified atom stereocenters. The van der Waals surface area contributed by atoms with Crippen molar-refractivity contribution in [1.82, 2.24) is 4.90 Å². The van der Waals surface area contributed by atoms with Crippen molar-refractivity contribution in [1.29, 1.82) is 0 Å². The van der Waals surface area contributed by atoms with E-state index >= 15 is 0 Å². The van der Waals surface area contributed by atoms with Gasteiger partial charge in [0.1, 0.15) is 31.3 Å². The fourth-order valence-corrected chi connectivity index (χ4v) is 4.87. The van der Waals surface area contributed by atoms with Crippen molar-refractivity contribution < 1.29 is 23.9 Å². The smallest absolute Gasteiger partial charge is 0.294 e. The summed E-state index contributed by atoms with van der Waals surface area (Å²) >= 11 is 0.806. The van der Waals surface area contributed by atoms with Crippen molar-refractivity contribution in [2.45, 2.75) is 20.8 Å². The monoisotopic (exact) mass is 516 g/mol. The minimum Gasteiger partial charge on any atom is -0.490 e. The van der Waals surface area contributed by atoms with E-state index in [1.54, 1.807) is 18.2 Å². The molecule has 0 atom stereocenters. The topological polar surface area (TPSA) is 84.9 Å². The van der Waals surface area contributed by atoms with Crippen molar-refractivity contribution in [3.05, 3.63) is 93.9 Å². The van der Waals surface area contributed by atoms with Gasteiger partial charge in [-0.15, -0.1) is 0 Å². The molecule has 1 aliphatic heterocycles. The Bertz CT molecular complexity index is 1330. The zero-order chi connectivity index (χ0) is 26.4. The van der Waals surface area contributed by atoms with Crippen molar-refractivity contribution >= 4 is 40.6 Å². The van der Waals surface area contributed by atoms with Gasteiger partial charge < -0.3 is 14.8 Å². The van der Waals surface area contributed by atoms with Gasteiger partial charge in [0, 0.05) is 11.3 Å². The van der Waals surface area contributed by atoms with Gasteiger partial charge in [0.05, 0.1) is 4.91 Å². The second kappa shape index (κ2) is 11.8. The Kier molecular flexibility index (Phi) is 8.30. The molecule has 0 aromatic heterocycles. The lowest BCUT2D eigenvalue weighted by Gasteiger charge is -2.16. The molecule has 0 saturated carbocycles. The van der Waals surface area contributed by atoms with Crippen LogP contribution in [0.15, 0.2) is 71.6 Å². The van der Waals surface area contributed by atoms with Gasteiger partial charge in [-0.05, 0) is 67.9 Å². The number of rotatable bonds is 9. The maximum atomic E-state index is 13.0. The Hall–Kier alpha value is -4.04. The molecule has 3 aromatic carbocycles. The number of hydrogen-bond donors (Lipinski definition) is 1. The quantitative estimate of drug-likeness (QED) is 0.288. The first kappa shape index (κ1) is 26.0. The summed E-state index contributed by atoms with van der Waals surface area (Å²) in [6.07, 6.45) is 1.62. The number of aryl methyl sites for hydroxylation is 3. The minimum atomic E-state index is -0.510. The highest BCUT2D eigenvalue weighted by atomic mass is 32.2. The number of nitrogens with one attached hydrogen (secondary N) is 1. The largest absolute Gasteiger partial charge is 0.490 e. The van der Waals surface area contributed by atoms with Crippen LogP contribution in [0, 0.1) is 20.8 Å². The second-order valence-electron chi connectivity index (χ2n) is 8.64. The fourth-order valence-electron chi connectivity index (χ4n) is 4.04. The van der Waals surface area contributed by atoms with Crippen LogP contribution in [0.25, 0.3) is 6.08 Å². The minimum absolute atomic E-state index is 0.233. The SMILES string of the molecule is Cc1cc(C)c(NC(=O)CN2C(=O)S/C(=C/c3ccccc3OCCOc3ccccc3)C2=O)c(C)c1. The molecule has 1 fully saturated rings. The number of thioether (sulfide) groups is 1. The summed E-state index contributed by atoms with van der Waals surface area (Å²) in [5.41, 5.74) is 4.29. The number of carbonyl (C=O) groups is 3. The molecule has 8 heteroatoms. The average molecular weight is 517 g/mol. The molecule has 3 aromatic rings. The molecule has 1 saturated heterocycles. The third-order valence-electron chi connectivity index (χ3n) is 5.68. The molecule has 4 rings (SSSR count). The molecule has 7 nitrogen and oxygen atoms in total. The molecule has 0 aliphatic carbocycles. The molecule has 0 bridgehead atoms. The first-order chi connectivity index (χ1) is 17.8. The zero-order valence-electron chi connectivity index (χ0n) is 20.9. The number of benzene rings is 3. The van der Waals surface area contributed by atoms with Gasteiger partial charge in [0.25, 0.3) is 11.1 Å². The summed E-state index contributed by atoms with van der Waals surface area (Å²) in [5, 5.41) is 2.35. The number of imide groups is 1. The number of anilines is 1. The predicted octanol–water partition coefficient (Wildman–Crippen LogP) is 5.74. The van der Waals surface area contributed by atoms with Crippen molar-refractivity contribution in [2.75, 3.05) is 25.1 Å². The number of para-hydroxylation sites is 2. The number of ether oxygens (including phenoxy) is 2. The van der Waals surface area contributed by atoms with E-state index in [1.807, 2.05) is 75.4 Å². The van der Waals surface area contributed by atoms with Crippen LogP contribution in [0.3, 0.4) is 0 Å². The van der Waals surface area contributed by atoms with Crippen molar-refractivity contribution in [3.8, 4) is 11.5 Å². The predicted molar refractivity (Wildman–Crippen MR) is 146 cm³/mol. The van der Waals surface area contributed by atoms with Crippen LogP contribution in [0.4, 0.5) is 10.5 Å². The molecule has 190 valence electrons. The molecule has 3 amide bonds. The summed E-state index contributed by atoms with van der Waals surface area (Å²) in [5.74, 6) is 0.379. The van der Waals surface area contributed by atoms with E-state index in [4.69, 9.17) is 9.47 Å². The van der Waals surface area contributed by atoms with E-state index in [2.05, 4.69) is 5.32 Å². The van der Waals surface area contributed by atoms with Gasteiger partial charge in [-0.2, -0.15) is 0 Å². The summed E-state index contributed by atoms with van der Waals surface area (Å²) in [6, 6.07) is 20.6. The Morgan fingerprint density at radius 2 is 1.57 bits per heavy atom. The van der Waals surface area contributed by atoms with E-state index in [-0.39, 0.29) is 11.4 Å². The normalized spacial score (nSPS) is 14.2. The van der Waals surface area contributed by atoms with E-state index in [1.165, 1.54) is 0 Å². The van der Waals surface area contributed by atoms with Crippen molar-refractivity contribution in [3.63, 3.8) is 0 Å². The maximum absolute atomic E-state index is 13.0. The number of nitrogens with zero attached hydrogens (tertiary/aromatic N) is 1. The number of carbonyl (C=O) groups excluding carboxylic acids is 3. The molecule has 37 heavy (non-hydrogen) atoms. The average Bonchev–Trinajstić information content (AvgIpc) is 3.13. The van der Waals surface area contributed by atoms with Gasteiger partial charge in [-0.3, -0.25) is 19.3 Å². The van der Waals surface area contributed by atoms with E-state index in [0.717, 1.165) is 39.1 Å². The fraction of sp³-hybridized carbons (Fsp3) is 0.207. The zero-order valence-corrected chi connectivity index (χ0v) is 21.8. The Morgan fingerprint density at radius 1 is 0.919 bits per heavy atom. The van der Waals surface area contributed by atoms with Gasteiger partial charge in [0.15, 0.2) is 0 Å². The number of amides is 3. The van der Waals surface area contributed by atoms with Gasteiger partial charge >= 0.3 is 0 Å². The lowest BCUT2D eigenvalue weighted by molar-refractivity contribution is -0.127. The van der Waals surface area contributed by atoms with E-state index in [9.17, 15) is 14.4 Å². The Balaban J connectivity index is 1.39. The number of hydrogen-bond acceptors (Lipinski definition) is 6.